The van der Waals surface area contributed by atoms with Gasteiger partial charge < -0.3 is 10.6 Å². The summed E-state index contributed by atoms with van der Waals surface area (Å²) in [5.74, 6) is 0.523. The summed E-state index contributed by atoms with van der Waals surface area (Å²) in [6.45, 7) is 7.76. The van der Waals surface area contributed by atoms with Crippen molar-refractivity contribution in [3.05, 3.63) is 41.7 Å². The Morgan fingerprint density at radius 2 is 2.00 bits per heavy atom. The molecule has 1 saturated heterocycles. The number of benzene rings is 1. The summed E-state index contributed by atoms with van der Waals surface area (Å²) in [5.41, 5.74) is 3.62. The minimum Gasteiger partial charge on any atom is -0.323 e. The zero-order valence-corrected chi connectivity index (χ0v) is 13.3. The third kappa shape index (κ3) is 2.64. The molecule has 0 saturated carbocycles. The van der Waals surface area contributed by atoms with Crippen molar-refractivity contribution >= 4 is 11.6 Å². The van der Waals surface area contributed by atoms with E-state index in [1.54, 1.807) is 0 Å². The Bertz CT molecular complexity index is 673. The van der Waals surface area contributed by atoms with Crippen molar-refractivity contribution in [1.82, 2.24) is 15.1 Å². The van der Waals surface area contributed by atoms with Crippen LogP contribution in [0.15, 0.2) is 30.3 Å². The topological polar surface area (TPSA) is 59.0 Å². The summed E-state index contributed by atoms with van der Waals surface area (Å²) >= 11 is 0. The van der Waals surface area contributed by atoms with Crippen LogP contribution in [-0.2, 0) is 4.79 Å². The van der Waals surface area contributed by atoms with Crippen LogP contribution in [0.2, 0.25) is 0 Å². The largest absolute Gasteiger partial charge is 0.323 e. The van der Waals surface area contributed by atoms with Gasteiger partial charge in [-0.3, -0.25) is 4.79 Å². The zero-order valence-electron chi connectivity index (χ0n) is 13.3. The second-order valence-corrected chi connectivity index (χ2v) is 5.99. The molecule has 1 fully saturated rings. The van der Waals surface area contributed by atoms with Crippen LogP contribution in [-0.4, -0.2) is 28.8 Å². The standard InChI is InChI=1S/C17H22N4O/c1-11(14-9-18-10-14)17(22)19-16-12(2)20-21(13(16)3)15-7-5-4-6-8-15/h4-8,11,14,18H,9-10H2,1-3H3,(H,19,22). The third-order valence-corrected chi connectivity index (χ3v) is 4.47. The van der Waals surface area contributed by atoms with E-state index in [4.69, 9.17) is 0 Å². The number of amides is 1. The van der Waals surface area contributed by atoms with Gasteiger partial charge in [-0.2, -0.15) is 5.10 Å². The van der Waals surface area contributed by atoms with Crippen molar-refractivity contribution in [1.29, 1.82) is 0 Å². The number of rotatable bonds is 4. The van der Waals surface area contributed by atoms with Crippen LogP contribution in [0.5, 0.6) is 0 Å². The summed E-state index contributed by atoms with van der Waals surface area (Å²) in [6, 6.07) is 9.96. The molecule has 2 aromatic rings. The van der Waals surface area contributed by atoms with Gasteiger partial charge in [-0.1, -0.05) is 25.1 Å². The van der Waals surface area contributed by atoms with Crippen LogP contribution in [0.1, 0.15) is 18.3 Å². The highest BCUT2D eigenvalue weighted by Crippen LogP contribution is 2.25. The van der Waals surface area contributed by atoms with Gasteiger partial charge in [-0.25, -0.2) is 4.68 Å². The molecule has 1 aliphatic heterocycles. The smallest absolute Gasteiger partial charge is 0.227 e. The molecule has 0 radical (unpaired) electrons. The van der Waals surface area contributed by atoms with Crippen molar-refractivity contribution in [2.45, 2.75) is 20.8 Å². The van der Waals surface area contributed by atoms with Crippen LogP contribution in [0.25, 0.3) is 5.69 Å². The molecule has 1 aliphatic rings. The van der Waals surface area contributed by atoms with Gasteiger partial charge >= 0.3 is 0 Å². The molecule has 1 unspecified atom stereocenters. The predicted molar refractivity (Wildman–Crippen MR) is 87.2 cm³/mol. The molecular formula is C17H22N4O. The average molecular weight is 298 g/mol. The summed E-state index contributed by atoms with van der Waals surface area (Å²) < 4.78 is 1.88. The highest BCUT2D eigenvalue weighted by Gasteiger charge is 2.29. The van der Waals surface area contributed by atoms with Gasteiger partial charge in [0.15, 0.2) is 0 Å². The fourth-order valence-corrected chi connectivity index (χ4v) is 2.76. The Balaban J connectivity index is 1.82. The van der Waals surface area contributed by atoms with Crippen LogP contribution in [0.4, 0.5) is 5.69 Å². The second kappa shape index (κ2) is 5.93. The van der Waals surface area contributed by atoms with Crippen molar-refractivity contribution in [2.24, 2.45) is 11.8 Å². The number of carbonyl (C=O) groups is 1. The van der Waals surface area contributed by atoms with Crippen LogP contribution in [0.3, 0.4) is 0 Å². The first-order valence-electron chi connectivity index (χ1n) is 7.71. The Morgan fingerprint density at radius 1 is 1.32 bits per heavy atom. The molecule has 2 N–H and O–H groups in total. The fraction of sp³-hybridized carbons (Fsp3) is 0.412. The maximum atomic E-state index is 12.4. The van der Waals surface area contributed by atoms with Crippen molar-refractivity contribution in [3.8, 4) is 5.69 Å². The molecule has 22 heavy (non-hydrogen) atoms. The Hall–Kier alpha value is -2.14. The summed E-state index contributed by atoms with van der Waals surface area (Å²) in [4.78, 5) is 12.4. The first-order valence-corrected chi connectivity index (χ1v) is 7.71. The maximum Gasteiger partial charge on any atom is 0.227 e. The normalized spacial score (nSPS) is 16.1. The van der Waals surface area contributed by atoms with Crippen LogP contribution >= 0.6 is 0 Å². The number of nitrogens with zero attached hydrogens (tertiary/aromatic N) is 2. The van der Waals surface area contributed by atoms with Gasteiger partial charge in [0.05, 0.1) is 22.8 Å². The third-order valence-electron chi connectivity index (χ3n) is 4.47. The summed E-state index contributed by atoms with van der Waals surface area (Å²) in [7, 11) is 0. The summed E-state index contributed by atoms with van der Waals surface area (Å²) in [5, 5.41) is 10.8. The van der Waals surface area contributed by atoms with E-state index >= 15 is 0 Å². The minimum atomic E-state index is 0.0140. The number of aromatic nitrogens is 2. The predicted octanol–water partition coefficient (Wildman–Crippen LogP) is 2.28. The van der Waals surface area contributed by atoms with Crippen molar-refractivity contribution < 1.29 is 4.79 Å². The SMILES string of the molecule is Cc1nn(-c2ccccc2)c(C)c1NC(=O)C(C)C1CNC1. The molecule has 0 spiro atoms. The number of hydrogen-bond donors (Lipinski definition) is 2. The maximum absolute atomic E-state index is 12.4. The fourth-order valence-electron chi connectivity index (χ4n) is 2.76. The van der Waals surface area contributed by atoms with Crippen LogP contribution < -0.4 is 10.6 Å². The number of hydrogen-bond acceptors (Lipinski definition) is 3. The number of nitrogens with one attached hydrogen (secondary N) is 2. The van der Waals surface area contributed by atoms with Gasteiger partial charge in [0.2, 0.25) is 5.91 Å². The first kappa shape index (κ1) is 14.8. The number of anilines is 1. The van der Waals surface area contributed by atoms with Gasteiger partial charge in [0, 0.05) is 5.92 Å². The molecule has 5 nitrogen and oxygen atoms in total. The molecule has 1 atom stereocenters. The van der Waals surface area contributed by atoms with E-state index in [9.17, 15) is 4.79 Å². The van der Waals surface area contributed by atoms with Crippen molar-refractivity contribution in [3.63, 3.8) is 0 Å². The van der Waals surface area contributed by atoms with Gasteiger partial charge in [-0.05, 0) is 45.0 Å². The summed E-state index contributed by atoms with van der Waals surface area (Å²) in [6.07, 6.45) is 0. The Labute approximate surface area is 130 Å². The minimum absolute atomic E-state index is 0.0140. The molecule has 3 rings (SSSR count). The van der Waals surface area contributed by atoms with E-state index in [1.807, 2.05) is 55.8 Å². The van der Waals surface area contributed by atoms with Gasteiger partial charge in [-0.15, -0.1) is 0 Å². The lowest BCUT2D eigenvalue weighted by molar-refractivity contribution is -0.121. The van der Waals surface area contributed by atoms with E-state index in [-0.39, 0.29) is 11.8 Å². The molecule has 5 heteroatoms. The van der Waals surface area contributed by atoms with Gasteiger partial charge in [0.1, 0.15) is 0 Å². The lowest BCUT2D eigenvalue weighted by Crippen LogP contribution is -2.48. The Morgan fingerprint density at radius 3 is 2.59 bits per heavy atom. The second-order valence-electron chi connectivity index (χ2n) is 5.99. The zero-order chi connectivity index (χ0) is 15.7. The van der Waals surface area contributed by atoms with Gasteiger partial charge in [0.25, 0.3) is 0 Å². The average Bonchev–Trinajstić information content (AvgIpc) is 2.74. The number of aryl methyl sites for hydroxylation is 1. The molecule has 0 aliphatic carbocycles. The highest BCUT2D eigenvalue weighted by molar-refractivity contribution is 5.93. The lowest BCUT2D eigenvalue weighted by atomic mass is 9.88. The Kier molecular flexibility index (Phi) is 3.98. The van der Waals surface area contributed by atoms with E-state index in [2.05, 4.69) is 15.7 Å². The van der Waals surface area contributed by atoms with E-state index in [1.165, 1.54) is 0 Å². The van der Waals surface area contributed by atoms with E-state index < -0.39 is 0 Å². The first-order chi connectivity index (χ1) is 10.6. The number of para-hydroxylation sites is 1. The molecule has 1 aromatic heterocycles. The number of carbonyl (C=O) groups excluding carboxylic acids is 1. The molecular weight excluding hydrogens is 276 g/mol. The molecule has 1 amide bonds. The van der Waals surface area contributed by atoms with E-state index in [0.717, 1.165) is 35.9 Å². The molecule has 2 heterocycles. The molecule has 0 bridgehead atoms. The lowest BCUT2D eigenvalue weighted by Gasteiger charge is -2.31. The highest BCUT2D eigenvalue weighted by atomic mass is 16.1. The monoisotopic (exact) mass is 298 g/mol. The molecule has 1 aromatic carbocycles. The van der Waals surface area contributed by atoms with E-state index in [0.29, 0.717) is 5.92 Å². The molecule has 116 valence electrons. The van der Waals surface area contributed by atoms with Crippen LogP contribution in [0, 0.1) is 25.7 Å². The quantitative estimate of drug-likeness (QED) is 0.910. The van der Waals surface area contributed by atoms with Crippen molar-refractivity contribution in [2.75, 3.05) is 18.4 Å².